The summed E-state index contributed by atoms with van der Waals surface area (Å²) in [7, 11) is 0. The topological polar surface area (TPSA) is 175 Å². The van der Waals surface area contributed by atoms with Crippen molar-refractivity contribution >= 4 is 23.9 Å². The number of unbranched alkanes of at least 4 members (excludes halogenated alkanes) is 30. The van der Waals surface area contributed by atoms with Gasteiger partial charge >= 0.3 is 23.9 Å². The summed E-state index contributed by atoms with van der Waals surface area (Å²) in [6, 6.07) is 0. The Balaban J connectivity index is 2.69. The fourth-order valence-electron chi connectivity index (χ4n) is 9.10. The van der Waals surface area contributed by atoms with Crippen molar-refractivity contribution in [2.24, 2.45) is 0 Å². The molecule has 1 rings (SSSR count). The first-order valence-corrected chi connectivity index (χ1v) is 30.6. The zero-order valence-corrected chi connectivity index (χ0v) is 47.8. The van der Waals surface area contributed by atoms with Crippen LogP contribution in [0, 0.1) is 0 Å². The molecular formula is C63H110O12. The Labute approximate surface area is 456 Å². The van der Waals surface area contributed by atoms with Gasteiger partial charge in [0.25, 0.3) is 0 Å². The Morgan fingerprint density at radius 3 is 1.27 bits per heavy atom. The Bertz CT molecular complexity index is 1490. The lowest BCUT2D eigenvalue weighted by Crippen LogP contribution is -2.61. The monoisotopic (exact) mass is 1060 g/mol. The molecule has 12 heteroatoms. The van der Waals surface area contributed by atoms with Crippen LogP contribution in [0.25, 0.3) is 0 Å². The summed E-state index contributed by atoms with van der Waals surface area (Å²) in [5.41, 5.74) is 0. The molecule has 6 unspecified atom stereocenters. The van der Waals surface area contributed by atoms with Crippen LogP contribution in [0.3, 0.4) is 0 Å². The number of ether oxygens (including phenoxy) is 5. The predicted molar refractivity (Wildman–Crippen MR) is 303 cm³/mol. The van der Waals surface area contributed by atoms with Gasteiger partial charge in [-0.15, -0.1) is 0 Å². The van der Waals surface area contributed by atoms with Crippen LogP contribution in [-0.4, -0.2) is 89.2 Å². The van der Waals surface area contributed by atoms with Crippen molar-refractivity contribution in [1.29, 1.82) is 0 Å². The van der Waals surface area contributed by atoms with E-state index in [9.17, 15) is 34.5 Å². The van der Waals surface area contributed by atoms with Gasteiger partial charge in [0.05, 0.1) is 6.61 Å². The van der Waals surface area contributed by atoms with E-state index in [1.807, 2.05) is 0 Å². The number of rotatable bonds is 52. The first-order valence-electron chi connectivity index (χ1n) is 30.6. The molecule has 3 N–H and O–H groups in total. The molecule has 0 radical (unpaired) electrons. The smallest absolute Gasteiger partial charge is 0.335 e. The molecular weight excluding hydrogens is 949 g/mol. The summed E-state index contributed by atoms with van der Waals surface area (Å²) in [5.74, 6) is -3.14. The highest BCUT2D eigenvalue weighted by Gasteiger charge is 2.50. The maximum Gasteiger partial charge on any atom is 0.335 e. The fraction of sp³-hybridized carbons (Fsp3) is 0.810. The molecule has 0 saturated carbocycles. The first-order chi connectivity index (χ1) is 36.6. The predicted octanol–water partition coefficient (Wildman–Crippen LogP) is 15.8. The molecule has 1 saturated heterocycles. The van der Waals surface area contributed by atoms with Crippen molar-refractivity contribution in [2.45, 2.75) is 314 Å². The second-order valence-corrected chi connectivity index (χ2v) is 21.0. The molecule has 434 valence electrons. The van der Waals surface area contributed by atoms with Gasteiger partial charge < -0.3 is 39.0 Å². The summed E-state index contributed by atoms with van der Waals surface area (Å²) >= 11 is 0. The van der Waals surface area contributed by atoms with Crippen LogP contribution in [0.15, 0.2) is 48.6 Å². The second kappa shape index (κ2) is 51.4. The minimum absolute atomic E-state index is 0.0438. The molecule has 12 nitrogen and oxygen atoms in total. The van der Waals surface area contributed by atoms with Crippen LogP contribution in [-0.2, 0) is 42.9 Å². The standard InChI is InChI=1S/C63H110O12/c1-4-7-10-13-16-19-22-25-27-28-30-32-34-37-40-43-46-49-55(64)71-52-54(73-56(65)50-47-44-41-38-36-33-29-26-23-20-17-14-11-8-5-2)53-72-63-61(59(68)58(67)60(75-63)62(69)70)74-57(66)51-48-45-42-39-35-31-24-21-18-15-12-9-6-3/h12,15,21,24-27,29,54,58-61,63,67-68H,4-11,13-14,16-20,22-23,28,30-53H2,1-3H3,(H,69,70)/b15-12-,24-21-,27-25-,29-26-. The largest absolute Gasteiger partial charge is 0.479 e. The van der Waals surface area contributed by atoms with Gasteiger partial charge in [-0.1, -0.05) is 211 Å². The summed E-state index contributed by atoms with van der Waals surface area (Å²) in [5, 5.41) is 31.5. The number of carboxylic acid groups (broad SMARTS) is 1. The second-order valence-electron chi connectivity index (χ2n) is 21.0. The average molecular weight is 1060 g/mol. The third-order valence-electron chi connectivity index (χ3n) is 13.8. The van der Waals surface area contributed by atoms with Crippen molar-refractivity contribution in [1.82, 2.24) is 0 Å². The van der Waals surface area contributed by atoms with Gasteiger partial charge in [-0.2, -0.15) is 0 Å². The van der Waals surface area contributed by atoms with E-state index in [4.69, 9.17) is 23.7 Å². The molecule has 0 aliphatic carbocycles. The van der Waals surface area contributed by atoms with Crippen molar-refractivity contribution in [2.75, 3.05) is 13.2 Å². The molecule has 0 amide bonds. The highest BCUT2D eigenvalue weighted by atomic mass is 16.7. The van der Waals surface area contributed by atoms with Crippen molar-refractivity contribution in [3.05, 3.63) is 48.6 Å². The van der Waals surface area contributed by atoms with Crippen molar-refractivity contribution in [3.63, 3.8) is 0 Å². The SMILES string of the molecule is CCC/C=C\C/C=C\CCCCCCCC(=O)OC1C(OCC(COC(=O)CCCCCCCCC/C=C\CCCCCCCC)OC(=O)CCCCCCC/C=C\CCCCCCCC)OC(C(=O)O)C(O)C1O. The van der Waals surface area contributed by atoms with Crippen LogP contribution < -0.4 is 0 Å². The van der Waals surface area contributed by atoms with E-state index in [0.717, 1.165) is 116 Å². The molecule has 1 aliphatic heterocycles. The summed E-state index contributed by atoms with van der Waals surface area (Å²) in [6.45, 7) is 5.92. The molecule has 0 aromatic rings. The van der Waals surface area contributed by atoms with E-state index < -0.39 is 67.3 Å². The molecule has 75 heavy (non-hydrogen) atoms. The van der Waals surface area contributed by atoms with Gasteiger partial charge in [-0.3, -0.25) is 14.4 Å². The summed E-state index contributed by atoms with van der Waals surface area (Å²) in [4.78, 5) is 51.1. The normalized spacial score (nSPS) is 18.4. The summed E-state index contributed by atoms with van der Waals surface area (Å²) < 4.78 is 28.4. The molecule has 1 fully saturated rings. The van der Waals surface area contributed by atoms with Gasteiger partial charge in [-0.05, 0) is 96.3 Å². The average Bonchev–Trinajstić information content (AvgIpc) is 3.39. The number of carbonyl (C=O) groups is 4. The number of carboxylic acids is 1. The zero-order valence-electron chi connectivity index (χ0n) is 47.8. The van der Waals surface area contributed by atoms with Crippen LogP contribution in [0.2, 0.25) is 0 Å². The zero-order chi connectivity index (χ0) is 54.7. The number of hydrogen-bond acceptors (Lipinski definition) is 11. The van der Waals surface area contributed by atoms with Gasteiger partial charge in [0.2, 0.25) is 0 Å². The molecule has 0 aromatic carbocycles. The maximum atomic E-state index is 13.2. The highest BCUT2D eigenvalue weighted by molar-refractivity contribution is 5.74. The number of aliphatic hydroxyl groups is 2. The van der Waals surface area contributed by atoms with Gasteiger partial charge in [0.1, 0.15) is 18.8 Å². The Morgan fingerprint density at radius 2 is 0.827 bits per heavy atom. The molecule has 0 bridgehead atoms. The van der Waals surface area contributed by atoms with Crippen LogP contribution >= 0.6 is 0 Å². The summed E-state index contributed by atoms with van der Waals surface area (Å²) in [6.07, 6.45) is 49.3. The third-order valence-corrected chi connectivity index (χ3v) is 13.8. The molecule has 1 heterocycles. The van der Waals surface area contributed by atoms with E-state index in [0.29, 0.717) is 19.3 Å². The molecule has 6 atom stereocenters. The van der Waals surface area contributed by atoms with Crippen LogP contribution in [0.4, 0.5) is 0 Å². The Morgan fingerprint density at radius 1 is 0.440 bits per heavy atom. The highest BCUT2D eigenvalue weighted by Crippen LogP contribution is 2.26. The Kier molecular flexibility index (Phi) is 47.8. The van der Waals surface area contributed by atoms with E-state index in [2.05, 4.69) is 69.4 Å². The van der Waals surface area contributed by atoms with Crippen LogP contribution in [0.1, 0.15) is 278 Å². The lowest BCUT2D eigenvalue weighted by Gasteiger charge is -2.40. The quantitative estimate of drug-likeness (QED) is 0.0228. The van der Waals surface area contributed by atoms with Gasteiger partial charge in [-0.25, -0.2) is 4.79 Å². The van der Waals surface area contributed by atoms with Gasteiger partial charge in [0, 0.05) is 19.3 Å². The number of aliphatic carboxylic acids is 1. The molecule has 0 spiro atoms. The van der Waals surface area contributed by atoms with Crippen LogP contribution in [0.5, 0.6) is 0 Å². The number of aliphatic hydroxyl groups excluding tert-OH is 2. The number of hydrogen-bond donors (Lipinski definition) is 3. The van der Waals surface area contributed by atoms with E-state index in [1.54, 1.807) is 0 Å². The van der Waals surface area contributed by atoms with E-state index in [1.165, 1.54) is 103 Å². The minimum Gasteiger partial charge on any atom is -0.479 e. The first kappa shape index (κ1) is 69.7. The van der Waals surface area contributed by atoms with Crippen molar-refractivity contribution < 1.29 is 58.2 Å². The fourth-order valence-corrected chi connectivity index (χ4v) is 9.10. The van der Waals surface area contributed by atoms with E-state index >= 15 is 0 Å². The lowest BCUT2D eigenvalue weighted by atomic mass is 9.98. The molecule has 0 aromatic heterocycles. The molecule has 1 aliphatic rings. The van der Waals surface area contributed by atoms with Gasteiger partial charge in [0.15, 0.2) is 24.6 Å². The lowest BCUT2D eigenvalue weighted by molar-refractivity contribution is -0.301. The number of allylic oxidation sites excluding steroid dienone is 8. The number of carbonyl (C=O) groups excluding carboxylic acids is 3. The maximum absolute atomic E-state index is 13.2. The van der Waals surface area contributed by atoms with E-state index in [-0.39, 0.29) is 25.9 Å². The number of esters is 3. The minimum atomic E-state index is -1.91. The Hall–Kier alpha value is -3.32. The third kappa shape index (κ3) is 41.5. The van der Waals surface area contributed by atoms with Crippen molar-refractivity contribution in [3.8, 4) is 0 Å².